The van der Waals surface area contributed by atoms with Crippen LogP contribution in [0.1, 0.15) is 32.5 Å². The van der Waals surface area contributed by atoms with Crippen LogP contribution >= 0.6 is 0 Å². The quantitative estimate of drug-likeness (QED) is 0.553. The molecule has 2 aromatic carbocycles. The van der Waals surface area contributed by atoms with Gasteiger partial charge in [-0.15, -0.1) is 0 Å². The van der Waals surface area contributed by atoms with E-state index in [9.17, 15) is 4.39 Å². The van der Waals surface area contributed by atoms with Crippen molar-refractivity contribution >= 4 is 17.0 Å². The second-order valence-electron chi connectivity index (χ2n) is 5.75. The molecule has 3 aromatic rings. The SMILES string of the molecule is CC=Cc1c(-c2ccc(F)cc2)c2ccccc2n1C(C)C. The Hall–Kier alpha value is -2.35. The van der Waals surface area contributed by atoms with Gasteiger partial charge in [0, 0.05) is 28.2 Å². The summed E-state index contributed by atoms with van der Waals surface area (Å²) in [5, 5.41) is 1.20. The van der Waals surface area contributed by atoms with E-state index in [1.807, 2.05) is 19.1 Å². The van der Waals surface area contributed by atoms with Gasteiger partial charge in [0.2, 0.25) is 0 Å². The molecule has 2 heteroatoms. The second-order valence-corrected chi connectivity index (χ2v) is 5.75. The lowest BCUT2D eigenvalue weighted by Gasteiger charge is -2.13. The third kappa shape index (κ3) is 2.35. The molecule has 0 fully saturated rings. The van der Waals surface area contributed by atoms with Gasteiger partial charge >= 0.3 is 0 Å². The molecule has 1 heterocycles. The normalized spacial score (nSPS) is 11.9. The first kappa shape index (κ1) is 14.6. The number of rotatable bonds is 3. The fourth-order valence-electron chi connectivity index (χ4n) is 3.08. The number of nitrogens with zero attached hydrogens (tertiary/aromatic N) is 1. The number of hydrogen-bond acceptors (Lipinski definition) is 0. The standard InChI is InChI=1S/C20H20FN/c1-4-7-19-20(15-10-12-16(21)13-11-15)17-8-5-6-9-18(17)22(19)14(2)3/h4-14H,1-3H3. The Balaban J connectivity index is 2.41. The molecular weight excluding hydrogens is 273 g/mol. The number of para-hydroxylation sites is 1. The van der Waals surface area contributed by atoms with Gasteiger partial charge in [-0.3, -0.25) is 0 Å². The Kier molecular flexibility index (Phi) is 3.84. The van der Waals surface area contributed by atoms with Gasteiger partial charge in [-0.05, 0) is 50.6 Å². The summed E-state index contributed by atoms with van der Waals surface area (Å²) in [5.41, 5.74) is 4.60. The van der Waals surface area contributed by atoms with Crippen LogP contribution in [0.2, 0.25) is 0 Å². The number of benzene rings is 2. The van der Waals surface area contributed by atoms with E-state index in [2.05, 4.69) is 54.8 Å². The molecule has 1 aromatic heterocycles. The molecule has 3 rings (SSSR count). The van der Waals surface area contributed by atoms with Gasteiger partial charge in [-0.1, -0.05) is 36.4 Å². The third-order valence-corrected chi connectivity index (χ3v) is 3.92. The molecule has 0 unspecified atom stereocenters. The van der Waals surface area contributed by atoms with Gasteiger partial charge in [-0.2, -0.15) is 0 Å². The van der Waals surface area contributed by atoms with Crippen molar-refractivity contribution in [1.29, 1.82) is 0 Å². The summed E-state index contributed by atoms with van der Waals surface area (Å²) in [6.07, 6.45) is 4.19. The topological polar surface area (TPSA) is 4.93 Å². The van der Waals surface area contributed by atoms with E-state index in [-0.39, 0.29) is 5.82 Å². The average Bonchev–Trinajstić information content (AvgIpc) is 2.83. The zero-order valence-electron chi connectivity index (χ0n) is 13.2. The molecule has 0 atom stereocenters. The van der Waals surface area contributed by atoms with E-state index >= 15 is 0 Å². The highest BCUT2D eigenvalue weighted by Crippen LogP contribution is 2.37. The number of hydrogen-bond donors (Lipinski definition) is 0. The van der Waals surface area contributed by atoms with Crippen molar-refractivity contribution in [3.05, 3.63) is 66.1 Å². The molecule has 0 bridgehead atoms. The molecule has 0 N–H and O–H groups in total. The monoisotopic (exact) mass is 293 g/mol. The Morgan fingerprint density at radius 3 is 2.32 bits per heavy atom. The van der Waals surface area contributed by atoms with Crippen molar-refractivity contribution in [2.45, 2.75) is 26.8 Å². The summed E-state index contributed by atoms with van der Waals surface area (Å²) in [4.78, 5) is 0. The van der Waals surface area contributed by atoms with Crippen molar-refractivity contribution in [3.8, 4) is 11.1 Å². The molecule has 22 heavy (non-hydrogen) atoms. The second kappa shape index (κ2) is 5.80. The van der Waals surface area contributed by atoms with E-state index < -0.39 is 0 Å². The maximum atomic E-state index is 13.3. The van der Waals surface area contributed by atoms with Crippen molar-refractivity contribution in [1.82, 2.24) is 4.57 Å². The van der Waals surface area contributed by atoms with Gasteiger partial charge in [0.1, 0.15) is 5.82 Å². The van der Waals surface area contributed by atoms with E-state index in [1.54, 1.807) is 0 Å². The molecule has 0 saturated heterocycles. The van der Waals surface area contributed by atoms with E-state index in [4.69, 9.17) is 0 Å². The summed E-state index contributed by atoms with van der Waals surface area (Å²) in [6, 6.07) is 15.5. The molecule has 0 aliphatic heterocycles. The van der Waals surface area contributed by atoms with Crippen molar-refractivity contribution in [2.24, 2.45) is 0 Å². The lowest BCUT2D eigenvalue weighted by atomic mass is 10.0. The smallest absolute Gasteiger partial charge is 0.123 e. The van der Waals surface area contributed by atoms with Crippen LogP contribution < -0.4 is 0 Å². The summed E-state index contributed by atoms with van der Waals surface area (Å²) in [6.45, 7) is 6.40. The van der Waals surface area contributed by atoms with Crippen LogP contribution in [0.4, 0.5) is 4.39 Å². The van der Waals surface area contributed by atoms with Crippen molar-refractivity contribution in [3.63, 3.8) is 0 Å². The zero-order valence-corrected chi connectivity index (χ0v) is 13.2. The van der Waals surface area contributed by atoms with Crippen LogP contribution in [0, 0.1) is 5.82 Å². The average molecular weight is 293 g/mol. The molecule has 0 aliphatic rings. The Labute approximate surface area is 130 Å². The minimum atomic E-state index is -0.205. The van der Waals surface area contributed by atoms with Crippen LogP contribution in [0.3, 0.4) is 0 Å². The minimum Gasteiger partial charge on any atom is -0.338 e. The number of allylic oxidation sites excluding steroid dienone is 1. The Morgan fingerprint density at radius 2 is 1.68 bits per heavy atom. The highest BCUT2D eigenvalue weighted by atomic mass is 19.1. The van der Waals surface area contributed by atoms with Gasteiger partial charge in [0.05, 0.1) is 0 Å². The predicted octanol–water partition coefficient (Wildman–Crippen LogP) is 6.06. The van der Waals surface area contributed by atoms with Crippen molar-refractivity contribution in [2.75, 3.05) is 0 Å². The van der Waals surface area contributed by atoms with Crippen molar-refractivity contribution < 1.29 is 4.39 Å². The first-order valence-electron chi connectivity index (χ1n) is 7.65. The van der Waals surface area contributed by atoms with Crippen LogP contribution in [-0.2, 0) is 0 Å². The zero-order chi connectivity index (χ0) is 15.7. The number of fused-ring (bicyclic) bond motifs is 1. The first-order chi connectivity index (χ1) is 10.6. The molecule has 112 valence electrons. The number of aromatic nitrogens is 1. The molecule has 0 spiro atoms. The fraction of sp³-hybridized carbons (Fsp3) is 0.200. The molecule has 1 nitrogen and oxygen atoms in total. The van der Waals surface area contributed by atoms with Gasteiger partial charge < -0.3 is 4.57 Å². The molecule has 0 saturated carbocycles. The first-order valence-corrected chi connectivity index (χ1v) is 7.65. The maximum Gasteiger partial charge on any atom is 0.123 e. The van der Waals surface area contributed by atoms with Crippen LogP contribution in [0.15, 0.2) is 54.6 Å². The summed E-state index contributed by atoms with van der Waals surface area (Å²) in [7, 11) is 0. The Morgan fingerprint density at radius 1 is 1.00 bits per heavy atom. The highest BCUT2D eigenvalue weighted by Gasteiger charge is 2.18. The van der Waals surface area contributed by atoms with E-state index in [0.717, 1.165) is 5.56 Å². The highest BCUT2D eigenvalue weighted by molar-refractivity contribution is 6.00. The van der Waals surface area contributed by atoms with Gasteiger partial charge in [-0.25, -0.2) is 4.39 Å². The van der Waals surface area contributed by atoms with Crippen LogP contribution in [-0.4, -0.2) is 4.57 Å². The minimum absolute atomic E-state index is 0.205. The van der Waals surface area contributed by atoms with E-state index in [0.29, 0.717) is 6.04 Å². The van der Waals surface area contributed by atoms with Crippen LogP contribution in [0.25, 0.3) is 28.1 Å². The Bertz CT molecular complexity index is 823. The third-order valence-electron chi connectivity index (χ3n) is 3.92. The molecule has 0 radical (unpaired) electrons. The lowest BCUT2D eigenvalue weighted by Crippen LogP contribution is -2.02. The van der Waals surface area contributed by atoms with Gasteiger partial charge in [0.25, 0.3) is 0 Å². The van der Waals surface area contributed by atoms with Gasteiger partial charge in [0.15, 0.2) is 0 Å². The fourth-order valence-corrected chi connectivity index (χ4v) is 3.08. The summed E-state index contributed by atoms with van der Waals surface area (Å²) in [5.74, 6) is -0.205. The van der Waals surface area contributed by atoms with Crippen LogP contribution in [0.5, 0.6) is 0 Å². The molecule has 0 aliphatic carbocycles. The maximum absolute atomic E-state index is 13.3. The molecular formula is C20H20FN. The predicted molar refractivity (Wildman–Crippen MR) is 92.4 cm³/mol. The molecule has 0 amide bonds. The summed E-state index contributed by atoms with van der Waals surface area (Å²) >= 11 is 0. The van der Waals surface area contributed by atoms with E-state index in [1.165, 1.54) is 34.3 Å². The lowest BCUT2D eigenvalue weighted by molar-refractivity contribution is 0.618. The largest absolute Gasteiger partial charge is 0.338 e. The summed E-state index contributed by atoms with van der Waals surface area (Å²) < 4.78 is 15.6. The number of halogens is 1.